The van der Waals surface area contributed by atoms with Crippen molar-refractivity contribution in [3.8, 4) is 11.5 Å². The number of hydrogen-bond acceptors (Lipinski definition) is 7. The fourth-order valence-electron chi connectivity index (χ4n) is 2.55. The molecule has 2 aromatic carbocycles. The summed E-state index contributed by atoms with van der Waals surface area (Å²) in [6, 6.07) is 12.1. The van der Waals surface area contributed by atoms with Crippen LogP contribution in [-0.4, -0.2) is 27.0 Å². The third kappa shape index (κ3) is 5.60. The van der Waals surface area contributed by atoms with Crippen LogP contribution < -0.4 is 8.85 Å². The van der Waals surface area contributed by atoms with E-state index in [0.717, 1.165) is 0 Å². The van der Waals surface area contributed by atoms with Gasteiger partial charge in [0, 0.05) is 12.1 Å². The zero-order chi connectivity index (χ0) is 20.2. The Morgan fingerprint density at radius 2 is 1.04 bits per heavy atom. The van der Waals surface area contributed by atoms with Gasteiger partial charge in [-0.25, -0.2) is 0 Å². The molecular formula is C16H20N2O7Si2. The largest absolute Gasteiger partial charge is 0.516 e. The van der Waals surface area contributed by atoms with Gasteiger partial charge in [0.1, 0.15) is 0 Å². The van der Waals surface area contributed by atoms with E-state index in [-0.39, 0.29) is 22.9 Å². The molecule has 0 atom stereocenters. The van der Waals surface area contributed by atoms with E-state index in [9.17, 15) is 20.2 Å². The van der Waals surface area contributed by atoms with Crippen LogP contribution in [0.4, 0.5) is 11.4 Å². The highest BCUT2D eigenvalue weighted by molar-refractivity contribution is 6.79. The molecule has 0 unspecified atom stereocenters. The molecule has 0 N–H and O–H groups in total. The summed E-state index contributed by atoms with van der Waals surface area (Å²) in [5.74, 6) is 0.240. The maximum atomic E-state index is 11.2. The Kier molecular flexibility index (Phi) is 5.98. The predicted molar refractivity (Wildman–Crippen MR) is 103 cm³/mol. The van der Waals surface area contributed by atoms with Gasteiger partial charge < -0.3 is 13.0 Å². The van der Waals surface area contributed by atoms with Crippen LogP contribution in [0.5, 0.6) is 11.5 Å². The topological polar surface area (TPSA) is 114 Å². The summed E-state index contributed by atoms with van der Waals surface area (Å²) in [4.78, 5) is 21.3. The monoisotopic (exact) mass is 408 g/mol. The van der Waals surface area contributed by atoms with Gasteiger partial charge in [-0.2, -0.15) is 0 Å². The van der Waals surface area contributed by atoms with Crippen molar-refractivity contribution in [1.29, 1.82) is 0 Å². The molecule has 27 heavy (non-hydrogen) atoms. The number of hydrogen-bond donors (Lipinski definition) is 0. The molecule has 0 amide bonds. The first kappa shape index (κ1) is 20.5. The van der Waals surface area contributed by atoms with Crippen molar-refractivity contribution >= 4 is 28.5 Å². The lowest BCUT2D eigenvalue weighted by Crippen LogP contribution is -2.52. The second-order valence-electron chi connectivity index (χ2n) is 6.56. The minimum absolute atomic E-state index is 0.120. The van der Waals surface area contributed by atoms with E-state index in [1.54, 1.807) is 50.5 Å². The van der Waals surface area contributed by atoms with Crippen molar-refractivity contribution < 1.29 is 22.8 Å². The maximum Gasteiger partial charge on any atom is 0.384 e. The Morgan fingerprint density at radius 1 is 0.704 bits per heavy atom. The number of nitro groups is 2. The first-order valence-electron chi connectivity index (χ1n) is 8.06. The Balaban J connectivity index is 2.19. The van der Waals surface area contributed by atoms with Gasteiger partial charge in [0.2, 0.25) is 0 Å². The van der Waals surface area contributed by atoms with E-state index >= 15 is 0 Å². The van der Waals surface area contributed by atoms with Gasteiger partial charge in [-0.3, -0.25) is 20.2 Å². The molecular weight excluding hydrogens is 388 g/mol. The number of nitrogens with zero attached hydrogens (tertiary/aromatic N) is 2. The van der Waals surface area contributed by atoms with Crippen LogP contribution in [0.3, 0.4) is 0 Å². The number of nitro benzene ring substituents is 2. The van der Waals surface area contributed by atoms with Gasteiger partial charge >= 0.3 is 28.5 Å². The lowest BCUT2D eigenvalue weighted by Gasteiger charge is -2.32. The molecule has 11 heteroatoms. The smallest absolute Gasteiger partial charge is 0.384 e. The second-order valence-corrected chi connectivity index (χ2v) is 13.4. The van der Waals surface area contributed by atoms with Gasteiger partial charge in [0.05, 0.1) is 9.85 Å². The lowest BCUT2D eigenvalue weighted by molar-refractivity contribution is -0.385. The van der Waals surface area contributed by atoms with Gasteiger partial charge in [-0.15, -0.1) is 0 Å². The van der Waals surface area contributed by atoms with E-state index in [2.05, 4.69) is 0 Å². The summed E-state index contributed by atoms with van der Waals surface area (Å²) >= 11 is 0. The van der Waals surface area contributed by atoms with Crippen LogP contribution >= 0.6 is 0 Å². The summed E-state index contributed by atoms with van der Waals surface area (Å²) in [5.41, 5.74) is -0.304. The van der Waals surface area contributed by atoms with E-state index < -0.39 is 27.0 Å². The maximum absolute atomic E-state index is 11.2. The molecule has 0 radical (unpaired) electrons. The second kappa shape index (κ2) is 7.86. The molecule has 0 spiro atoms. The third-order valence-electron chi connectivity index (χ3n) is 3.33. The Bertz CT molecular complexity index is 789. The number of rotatable bonds is 8. The standard InChI is InChI=1S/C16H20N2O7Si2/c1-26(2,23-15-11-7-5-9-13(15)17(19)20)25-27(3,4)24-16-12-8-6-10-14(16)18(21)22/h5-12H,1-4H3. The average molecular weight is 409 g/mol. The quantitative estimate of drug-likeness (QED) is 0.362. The van der Waals surface area contributed by atoms with Gasteiger partial charge in [-0.1, -0.05) is 24.3 Å². The molecule has 0 fully saturated rings. The van der Waals surface area contributed by atoms with Gasteiger partial charge in [0.25, 0.3) is 0 Å². The molecule has 0 aliphatic rings. The minimum atomic E-state index is -2.89. The fourth-order valence-corrected chi connectivity index (χ4v) is 9.02. The molecule has 0 bridgehead atoms. The van der Waals surface area contributed by atoms with Crippen molar-refractivity contribution in [3.63, 3.8) is 0 Å². The number of para-hydroxylation sites is 4. The Morgan fingerprint density at radius 3 is 1.37 bits per heavy atom. The van der Waals surface area contributed by atoms with Gasteiger partial charge in [-0.05, 0) is 38.3 Å². The van der Waals surface area contributed by atoms with Crippen molar-refractivity contribution in [2.75, 3.05) is 0 Å². The van der Waals surface area contributed by atoms with Crippen molar-refractivity contribution in [2.24, 2.45) is 0 Å². The van der Waals surface area contributed by atoms with Crippen LogP contribution in [-0.2, 0) is 4.12 Å². The summed E-state index contributed by atoms with van der Waals surface area (Å²) in [6.07, 6.45) is 0. The van der Waals surface area contributed by atoms with Crippen molar-refractivity contribution in [3.05, 3.63) is 68.8 Å². The van der Waals surface area contributed by atoms with Crippen molar-refractivity contribution in [1.82, 2.24) is 0 Å². The van der Waals surface area contributed by atoms with E-state index in [0.29, 0.717) is 0 Å². The SMILES string of the molecule is C[Si](C)(Oc1ccccc1[N+](=O)[O-])O[Si](C)(C)Oc1ccccc1[N+](=O)[O-]. The molecule has 2 rings (SSSR count). The summed E-state index contributed by atoms with van der Waals surface area (Å²) in [7, 11) is -5.79. The lowest BCUT2D eigenvalue weighted by atomic mass is 10.3. The summed E-state index contributed by atoms with van der Waals surface area (Å²) in [5, 5.41) is 22.3. The molecule has 0 saturated heterocycles. The molecule has 0 heterocycles. The first-order chi connectivity index (χ1) is 12.5. The fraction of sp³-hybridized carbons (Fsp3) is 0.250. The summed E-state index contributed by atoms with van der Waals surface area (Å²) < 4.78 is 17.8. The van der Waals surface area contributed by atoms with E-state index in [1.165, 1.54) is 24.3 Å². The Hall–Kier alpha value is -2.77. The molecule has 144 valence electrons. The van der Waals surface area contributed by atoms with Crippen LogP contribution in [0, 0.1) is 20.2 Å². The molecule has 2 aromatic rings. The number of benzene rings is 2. The third-order valence-corrected chi connectivity index (χ3v) is 8.68. The van der Waals surface area contributed by atoms with Crippen LogP contribution in [0.15, 0.2) is 48.5 Å². The highest BCUT2D eigenvalue weighted by Gasteiger charge is 2.41. The van der Waals surface area contributed by atoms with Crippen molar-refractivity contribution in [2.45, 2.75) is 26.2 Å². The predicted octanol–water partition coefficient (Wildman–Crippen LogP) is 4.38. The normalized spacial score (nSPS) is 11.7. The molecule has 9 nitrogen and oxygen atoms in total. The van der Waals surface area contributed by atoms with Gasteiger partial charge in [0.15, 0.2) is 11.5 Å². The zero-order valence-electron chi connectivity index (χ0n) is 15.4. The average Bonchev–Trinajstić information content (AvgIpc) is 2.53. The molecule has 0 aliphatic carbocycles. The Labute approximate surface area is 158 Å². The highest BCUT2D eigenvalue weighted by atomic mass is 28.5. The van der Waals surface area contributed by atoms with Crippen LogP contribution in [0.1, 0.15) is 0 Å². The zero-order valence-corrected chi connectivity index (χ0v) is 17.4. The molecule has 0 aromatic heterocycles. The molecule has 0 saturated carbocycles. The minimum Gasteiger partial charge on any atom is -0.516 e. The highest BCUT2D eigenvalue weighted by Crippen LogP contribution is 2.32. The van der Waals surface area contributed by atoms with Crippen LogP contribution in [0.2, 0.25) is 26.2 Å². The van der Waals surface area contributed by atoms with Crippen LogP contribution in [0.25, 0.3) is 0 Å². The first-order valence-corrected chi connectivity index (χ1v) is 13.7. The van der Waals surface area contributed by atoms with E-state index in [1.807, 2.05) is 0 Å². The van der Waals surface area contributed by atoms with E-state index in [4.69, 9.17) is 13.0 Å². The molecule has 0 aliphatic heterocycles. The summed E-state index contributed by atoms with van der Waals surface area (Å²) in [6.45, 7) is 6.95.